The van der Waals surface area contributed by atoms with Crippen molar-refractivity contribution in [2.24, 2.45) is 14.1 Å². The molecule has 4 rings (SSSR count). The summed E-state index contributed by atoms with van der Waals surface area (Å²) in [6, 6.07) is 10.7. The topological polar surface area (TPSA) is 91.2 Å². The summed E-state index contributed by atoms with van der Waals surface area (Å²) in [7, 11) is 5.68. The van der Waals surface area contributed by atoms with Gasteiger partial charge in [0.15, 0.2) is 0 Å². The van der Waals surface area contributed by atoms with Crippen molar-refractivity contribution < 1.29 is 26.3 Å². The molecule has 4 aromatic rings. The maximum absolute atomic E-state index is 12.8. The summed E-state index contributed by atoms with van der Waals surface area (Å²) >= 11 is 5.78. The number of rotatable bonds is 3. The summed E-state index contributed by atoms with van der Waals surface area (Å²) in [5, 5.41) is -0.252. The lowest BCUT2D eigenvalue weighted by molar-refractivity contribution is -0.138. The zero-order valence-electron chi connectivity index (χ0n) is 22.3. The van der Waals surface area contributed by atoms with Crippen LogP contribution < -0.4 is 27.4 Å². The van der Waals surface area contributed by atoms with Crippen LogP contribution in [0.3, 0.4) is 0 Å². The van der Waals surface area contributed by atoms with Crippen molar-refractivity contribution in [1.29, 1.82) is 0 Å². The number of benzene rings is 2. The first-order valence-electron chi connectivity index (χ1n) is 11.7. The summed E-state index contributed by atoms with van der Waals surface area (Å²) in [5.74, 6) is 0.201. The van der Waals surface area contributed by atoms with Crippen LogP contribution >= 0.6 is 11.6 Å². The van der Waals surface area contributed by atoms with E-state index in [0.29, 0.717) is 0 Å². The Balaban J connectivity index is 0.000000231. The Morgan fingerprint density at radius 1 is 0.643 bits per heavy atom. The zero-order valence-corrected chi connectivity index (χ0v) is 23.0. The molecular formula is C26H22ClF6N5O4. The second-order valence-electron chi connectivity index (χ2n) is 8.99. The van der Waals surface area contributed by atoms with Crippen LogP contribution in [0.5, 0.6) is 0 Å². The third-order valence-electron chi connectivity index (χ3n) is 5.88. The molecule has 0 bridgehead atoms. The van der Waals surface area contributed by atoms with E-state index in [1.54, 1.807) is 14.1 Å². The molecular weight excluding hydrogens is 596 g/mol. The molecule has 2 aromatic heterocycles. The lowest BCUT2D eigenvalue weighted by atomic mass is 10.2. The third-order valence-corrected chi connectivity index (χ3v) is 6.16. The molecule has 0 aliphatic heterocycles. The number of alkyl halides is 6. The Kier molecular flexibility index (Phi) is 8.96. The second kappa shape index (κ2) is 11.8. The third kappa shape index (κ3) is 6.67. The summed E-state index contributed by atoms with van der Waals surface area (Å²) in [6.07, 6.45) is -9.05. The fourth-order valence-corrected chi connectivity index (χ4v) is 3.92. The van der Waals surface area contributed by atoms with Crippen molar-refractivity contribution in [1.82, 2.24) is 18.3 Å². The summed E-state index contributed by atoms with van der Waals surface area (Å²) in [5.41, 5.74) is -4.50. The van der Waals surface area contributed by atoms with Gasteiger partial charge in [0.2, 0.25) is 0 Å². The standard InChI is InChI=1S/C14H14F3N3O2.C12H8ClF3N2O2/c1-18(2)11-8-12(21)19(3)13(22)20(11)10-6-4-5-9(7-10)14(15,16)17;1-17-10(19)6-9(13)18(11(17)20)8-4-2-3-7(5-8)12(14,15)16/h4-8H,1-3H3;2-6H,1H3. The molecule has 0 spiro atoms. The van der Waals surface area contributed by atoms with Gasteiger partial charge in [0.05, 0.1) is 22.5 Å². The highest BCUT2D eigenvalue weighted by atomic mass is 35.5. The minimum atomic E-state index is -4.53. The van der Waals surface area contributed by atoms with Crippen molar-refractivity contribution in [2.75, 3.05) is 19.0 Å². The van der Waals surface area contributed by atoms with E-state index in [-0.39, 0.29) is 22.3 Å². The number of aromatic nitrogens is 4. The van der Waals surface area contributed by atoms with Gasteiger partial charge in [0.1, 0.15) is 11.0 Å². The molecule has 0 amide bonds. The normalized spacial score (nSPS) is 11.6. The highest BCUT2D eigenvalue weighted by Gasteiger charge is 2.31. The molecule has 0 aliphatic carbocycles. The van der Waals surface area contributed by atoms with Crippen LogP contribution in [0.25, 0.3) is 11.4 Å². The Labute approximate surface area is 237 Å². The van der Waals surface area contributed by atoms with Gasteiger partial charge in [0.25, 0.3) is 11.1 Å². The zero-order chi connectivity index (χ0) is 31.7. The first-order chi connectivity index (χ1) is 19.3. The van der Waals surface area contributed by atoms with E-state index in [1.807, 2.05) is 0 Å². The van der Waals surface area contributed by atoms with Crippen LogP contribution in [0.15, 0.2) is 79.8 Å². The van der Waals surface area contributed by atoms with Gasteiger partial charge in [-0.15, -0.1) is 0 Å². The summed E-state index contributed by atoms with van der Waals surface area (Å²) < 4.78 is 80.0. The maximum Gasteiger partial charge on any atom is 0.416 e. The SMILES string of the molecule is CN(C)c1cc(=O)n(C)c(=O)n1-c1cccc(C(F)(F)F)c1.Cn1c(=O)cc(Cl)n(-c2cccc(C(F)(F)F)c2)c1=O. The molecule has 224 valence electrons. The van der Waals surface area contributed by atoms with E-state index in [2.05, 4.69) is 0 Å². The molecule has 42 heavy (non-hydrogen) atoms. The van der Waals surface area contributed by atoms with Crippen LogP contribution in [0, 0.1) is 0 Å². The van der Waals surface area contributed by atoms with Gasteiger partial charge in [-0.2, -0.15) is 26.3 Å². The molecule has 0 fully saturated rings. The van der Waals surface area contributed by atoms with Crippen LogP contribution in [-0.4, -0.2) is 32.4 Å². The first kappa shape index (κ1) is 32.0. The average Bonchev–Trinajstić information content (AvgIpc) is 2.90. The van der Waals surface area contributed by atoms with Gasteiger partial charge in [-0.05, 0) is 36.4 Å². The van der Waals surface area contributed by atoms with Crippen LogP contribution in [0.2, 0.25) is 5.15 Å². The highest BCUT2D eigenvalue weighted by molar-refractivity contribution is 6.29. The van der Waals surface area contributed by atoms with Crippen molar-refractivity contribution >= 4 is 17.4 Å². The van der Waals surface area contributed by atoms with Crippen molar-refractivity contribution in [3.05, 3.63) is 119 Å². The lowest BCUT2D eigenvalue weighted by Crippen LogP contribution is -2.39. The lowest BCUT2D eigenvalue weighted by Gasteiger charge is -2.20. The van der Waals surface area contributed by atoms with E-state index in [1.165, 1.54) is 43.3 Å². The molecule has 0 radical (unpaired) electrons. The van der Waals surface area contributed by atoms with Gasteiger partial charge in [0, 0.05) is 40.3 Å². The average molecular weight is 618 g/mol. The molecule has 16 heteroatoms. The van der Waals surface area contributed by atoms with E-state index in [9.17, 15) is 45.5 Å². The largest absolute Gasteiger partial charge is 0.416 e. The molecule has 0 unspecified atom stereocenters. The molecule has 0 atom stereocenters. The summed E-state index contributed by atoms with van der Waals surface area (Å²) in [4.78, 5) is 48.8. The molecule has 0 aliphatic rings. The first-order valence-corrected chi connectivity index (χ1v) is 12.1. The Hall–Kier alpha value is -4.53. The van der Waals surface area contributed by atoms with Gasteiger partial charge < -0.3 is 4.90 Å². The molecule has 0 N–H and O–H groups in total. The van der Waals surface area contributed by atoms with E-state index < -0.39 is 46.0 Å². The number of nitrogens with zero attached hydrogens (tertiary/aromatic N) is 5. The van der Waals surface area contributed by atoms with E-state index in [0.717, 1.165) is 54.7 Å². The number of halogens is 7. The van der Waals surface area contributed by atoms with Crippen LogP contribution in [0.4, 0.5) is 32.2 Å². The van der Waals surface area contributed by atoms with Crippen LogP contribution in [-0.2, 0) is 26.4 Å². The van der Waals surface area contributed by atoms with Gasteiger partial charge >= 0.3 is 23.7 Å². The minimum Gasteiger partial charge on any atom is -0.364 e. The fourth-order valence-electron chi connectivity index (χ4n) is 3.66. The number of anilines is 1. The minimum absolute atomic E-state index is 0.0409. The van der Waals surface area contributed by atoms with Crippen LogP contribution in [0.1, 0.15) is 11.1 Å². The molecule has 0 saturated carbocycles. The Bertz CT molecular complexity index is 1870. The molecule has 2 aromatic carbocycles. The Morgan fingerprint density at radius 3 is 1.48 bits per heavy atom. The van der Waals surface area contributed by atoms with Crippen molar-refractivity contribution in [3.8, 4) is 11.4 Å². The smallest absolute Gasteiger partial charge is 0.364 e. The Morgan fingerprint density at radius 2 is 1.05 bits per heavy atom. The van der Waals surface area contributed by atoms with Gasteiger partial charge in [-0.1, -0.05) is 23.7 Å². The second-order valence-corrected chi connectivity index (χ2v) is 9.38. The van der Waals surface area contributed by atoms with E-state index in [4.69, 9.17) is 11.6 Å². The quantitative estimate of drug-likeness (QED) is 0.258. The number of hydrogen-bond donors (Lipinski definition) is 0. The van der Waals surface area contributed by atoms with E-state index >= 15 is 0 Å². The monoisotopic (exact) mass is 617 g/mol. The summed E-state index contributed by atoms with van der Waals surface area (Å²) in [6.45, 7) is 0. The molecule has 9 nitrogen and oxygen atoms in total. The maximum atomic E-state index is 12.8. The predicted octanol–water partition coefficient (Wildman–Crippen LogP) is 3.83. The highest BCUT2D eigenvalue weighted by Crippen LogP contribution is 2.31. The predicted molar refractivity (Wildman–Crippen MR) is 144 cm³/mol. The van der Waals surface area contributed by atoms with Gasteiger partial charge in [-0.3, -0.25) is 23.3 Å². The fraction of sp³-hybridized carbons (Fsp3) is 0.231. The van der Waals surface area contributed by atoms with Crippen molar-refractivity contribution in [2.45, 2.75) is 12.4 Å². The van der Waals surface area contributed by atoms with Gasteiger partial charge in [-0.25, -0.2) is 14.2 Å². The van der Waals surface area contributed by atoms with Crippen molar-refractivity contribution in [3.63, 3.8) is 0 Å². The number of hydrogen-bond acceptors (Lipinski definition) is 5. The molecule has 2 heterocycles. The molecule has 0 saturated heterocycles.